The predicted molar refractivity (Wildman–Crippen MR) is 156 cm³/mol. The van der Waals surface area contributed by atoms with E-state index >= 15 is 0 Å². The standard InChI is InChI=1S/C33H38N2O8/c1-21(30(36)35-27-15-9-14-25(27)18-28(35)32(38)40-19-24-12-7-4-8-13-24)34-26(17-16-23-10-5-3-6-11-23)31(37)41-20-29-22(2)42-33(39)43-29/h3-8,10-13,21,25-28,34H,9,14-20H2,1-2H3/t21-,25-,26-,27-,28-/m0/s1. The van der Waals surface area contributed by atoms with Crippen LogP contribution in [-0.4, -0.2) is 46.9 Å². The third-order valence-electron chi connectivity index (χ3n) is 8.44. The Kier molecular flexibility index (Phi) is 9.76. The van der Waals surface area contributed by atoms with E-state index in [0.717, 1.165) is 30.4 Å². The number of nitrogens with one attached hydrogen (secondary N) is 1. The molecule has 1 N–H and O–H groups in total. The maximum Gasteiger partial charge on any atom is 0.519 e. The first kappa shape index (κ1) is 30.3. The number of carbonyl (C=O) groups excluding carboxylic acids is 3. The minimum Gasteiger partial charge on any atom is -0.459 e. The van der Waals surface area contributed by atoms with E-state index in [9.17, 15) is 19.2 Å². The van der Waals surface area contributed by atoms with Crippen molar-refractivity contribution in [3.8, 4) is 0 Å². The minimum absolute atomic E-state index is 0.0345. The lowest BCUT2D eigenvalue weighted by molar-refractivity contribution is -0.157. The molecule has 228 valence electrons. The number of hydrogen-bond acceptors (Lipinski definition) is 9. The van der Waals surface area contributed by atoms with E-state index in [-0.39, 0.29) is 42.6 Å². The number of amides is 1. The summed E-state index contributed by atoms with van der Waals surface area (Å²) in [5.74, 6) is -1.49. The second-order valence-electron chi connectivity index (χ2n) is 11.4. The molecule has 10 nitrogen and oxygen atoms in total. The van der Waals surface area contributed by atoms with Crippen molar-refractivity contribution in [3.63, 3.8) is 0 Å². The summed E-state index contributed by atoms with van der Waals surface area (Å²) in [6, 6.07) is 16.9. The molecule has 1 aliphatic heterocycles. The molecule has 2 aromatic carbocycles. The van der Waals surface area contributed by atoms with Gasteiger partial charge >= 0.3 is 17.8 Å². The number of nitrogens with zero attached hydrogens (tertiary/aromatic N) is 1. The molecule has 1 saturated heterocycles. The number of esters is 2. The van der Waals surface area contributed by atoms with Crippen molar-refractivity contribution >= 4 is 17.8 Å². The Hall–Kier alpha value is -4.18. The molecule has 0 bridgehead atoms. The Labute approximate surface area is 250 Å². The molecule has 2 fully saturated rings. The van der Waals surface area contributed by atoms with Gasteiger partial charge in [0.15, 0.2) is 18.1 Å². The Balaban J connectivity index is 1.27. The zero-order chi connectivity index (χ0) is 30.3. The first-order chi connectivity index (χ1) is 20.8. The van der Waals surface area contributed by atoms with Crippen LogP contribution in [0.5, 0.6) is 0 Å². The van der Waals surface area contributed by atoms with Crippen molar-refractivity contribution in [2.45, 2.75) is 89.8 Å². The van der Waals surface area contributed by atoms with Crippen LogP contribution in [-0.2, 0) is 43.5 Å². The molecule has 2 aliphatic rings. The van der Waals surface area contributed by atoms with Gasteiger partial charge in [0.2, 0.25) is 5.91 Å². The summed E-state index contributed by atoms with van der Waals surface area (Å²) in [5.41, 5.74) is 1.92. The van der Waals surface area contributed by atoms with Crippen molar-refractivity contribution < 1.29 is 32.7 Å². The monoisotopic (exact) mass is 590 g/mol. The summed E-state index contributed by atoms with van der Waals surface area (Å²) in [5, 5.41) is 3.18. The van der Waals surface area contributed by atoms with Crippen molar-refractivity contribution in [3.05, 3.63) is 93.9 Å². The molecule has 0 radical (unpaired) electrons. The summed E-state index contributed by atoms with van der Waals surface area (Å²) in [4.78, 5) is 53.6. The first-order valence-electron chi connectivity index (χ1n) is 14.9. The van der Waals surface area contributed by atoms with E-state index in [4.69, 9.17) is 18.3 Å². The van der Waals surface area contributed by atoms with Gasteiger partial charge in [0.25, 0.3) is 0 Å². The highest BCUT2D eigenvalue weighted by atomic mass is 16.6. The van der Waals surface area contributed by atoms with Crippen LogP contribution in [0, 0.1) is 12.8 Å². The largest absolute Gasteiger partial charge is 0.519 e. The van der Waals surface area contributed by atoms with Crippen LogP contribution in [0.3, 0.4) is 0 Å². The van der Waals surface area contributed by atoms with Gasteiger partial charge in [-0.05, 0) is 63.0 Å². The van der Waals surface area contributed by atoms with Crippen molar-refractivity contribution in [2.75, 3.05) is 0 Å². The average molecular weight is 591 g/mol. The maximum absolute atomic E-state index is 14.0. The molecule has 1 saturated carbocycles. The van der Waals surface area contributed by atoms with Crippen molar-refractivity contribution in [1.82, 2.24) is 10.2 Å². The molecule has 1 aromatic heterocycles. The molecule has 1 amide bonds. The predicted octanol–water partition coefficient (Wildman–Crippen LogP) is 4.08. The molecule has 0 unspecified atom stereocenters. The van der Waals surface area contributed by atoms with Crippen LogP contribution in [0.25, 0.3) is 0 Å². The molecule has 10 heteroatoms. The molecule has 5 rings (SSSR count). The fraction of sp³-hybridized carbons (Fsp3) is 0.455. The van der Waals surface area contributed by atoms with Crippen LogP contribution < -0.4 is 11.1 Å². The lowest BCUT2D eigenvalue weighted by atomic mass is 10.0. The average Bonchev–Trinajstić information content (AvgIpc) is 3.71. The fourth-order valence-corrected chi connectivity index (χ4v) is 6.21. The lowest BCUT2D eigenvalue weighted by Gasteiger charge is -2.32. The molecular formula is C33H38N2O8. The maximum atomic E-state index is 14.0. The smallest absolute Gasteiger partial charge is 0.459 e. The Morgan fingerprint density at radius 2 is 1.65 bits per heavy atom. The molecule has 43 heavy (non-hydrogen) atoms. The minimum atomic E-state index is -0.866. The van der Waals surface area contributed by atoms with Gasteiger partial charge in [-0.2, -0.15) is 0 Å². The van der Waals surface area contributed by atoms with Crippen LogP contribution in [0.1, 0.15) is 61.7 Å². The van der Waals surface area contributed by atoms with Gasteiger partial charge in [0, 0.05) is 6.04 Å². The summed E-state index contributed by atoms with van der Waals surface area (Å²) >= 11 is 0. The fourth-order valence-electron chi connectivity index (χ4n) is 6.21. The zero-order valence-electron chi connectivity index (χ0n) is 24.5. The Morgan fingerprint density at radius 3 is 2.33 bits per heavy atom. The van der Waals surface area contributed by atoms with Crippen LogP contribution in [0.4, 0.5) is 0 Å². The zero-order valence-corrected chi connectivity index (χ0v) is 24.5. The molecule has 5 atom stereocenters. The highest BCUT2D eigenvalue weighted by Gasteiger charge is 2.50. The lowest BCUT2D eigenvalue weighted by Crippen LogP contribution is -2.55. The molecule has 1 aliphatic carbocycles. The highest BCUT2D eigenvalue weighted by Crippen LogP contribution is 2.42. The van der Waals surface area contributed by atoms with E-state index in [1.165, 1.54) is 0 Å². The van der Waals surface area contributed by atoms with Crippen molar-refractivity contribution in [2.24, 2.45) is 5.92 Å². The van der Waals surface area contributed by atoms with Crippen molar-refractivity contribution in [1.29, 1.82) is 0 Å². The van der Waals surface area contributed by atoms with E-state index in [0.29, 0.717) is 19.3 Å². The number of fused-ring (bicyclic) bond motifs is 1. The topological polar surface area (TPSA) is 128 Å². The van der Waals surface area contributed by atoms with Gasteiger partial charge in [-0.15, -0.1) is 0 Å². The van der Waals surface area contributed by atoms with E-state index in [1.54, 1.807) is 18.7 Å². The van der Waals surface area contributed by atoms with Gasteiger partial charge in [-0.1, -0.05) is 67.1 Å². The Bertz CT molecular complexity index is 1450. The van der Waals surface area contributed by atoms with E-state index < -0.39 is 35.9 Å². The number of benzene rings is 2. The van der Waals surface area contributed by atoms with Gasteiger partial charge in [-0.3, -0.25) is 14.9 Å². The third kappa shape index (κ3) is 7.43. The number of hydrogen-bond donors (Lipinski definition) is 1. The SMILES string of the molecule is Cc1oc(=O)oc1COC(=O)[C@H](CCc1ccccc1)N[C@@H](C)C(=O)N1[C@H](C(=O)OCc2ccccc2)C[C@@H]2CCC[C@@H]21. The summed E-state index contributed by atoms with van der Waals surface area (Å²) in [6.07, 6.45) is 4.31. The number of carbonyl (C=O) groups is 3. The molecule has 3 aromatic rings. The van der Waals surface area contributed by atoms with Gasteiger partial charge in [-0.25, -0.2) is 9.59 Å². The van der Waals surface area contributed by atoms with E-state index in [1.807, 2.05) is 60.7 Å². The summed E-state index contributed by atoms with van der Waals surface area (Å²) in [7, 11) is 0. The second-order valence-corrected chi connectivity index (χ2v) is 11.4. The molecule has 2 heterocycles. The summed E-state index contributed by atoms with van der Waals surface area (Å²) < 4.78 is 21.0. The van der Waals surface area contributed by atoms with Crippen LogP contribution in [0.15, 0.2) is 74.3 Å². The number of rotatable bonds is 12. The number of likely N-dealkylation sites (tertiary alicyclic amines) is 1. The van der Waals surface area contributed by atoms with Gasteiger partial charge in [0.05, 0.1) is 6.04 Å². The van der Waals surface area contributed by atoms with Gasteiger partial charge < -0.3 is 23.2 Å². The van der Waals surface area contributed by atoms with Crippen LogP contribution in [0.2, 0.25) is 0 Å². The highest BCUT2D eigenvalue weighted by molar-refractivity contribution is 5.89. The second kappa shape index (κ2) is 13.9. The Morgan fingerprint density at radius 1 is 0.953 bits per heavy atom. The number of aryl methyl sites for hydroxylation is 2. The van der Waals surface area contributed by atoms with E-state index in [2.05, 4.69) is 5.32 Å². The van der Waals surface area contributed by atoms with Crippen LogP contribution >= 0.6 is 0 Å². The number of ether oxygens (including phenoxy) is 2. The summed E-state index contributed by atoms with van der Waals surface area (Å²) in [6.45, 7) is 3.13. The quantitative estimate of drug-likeness (QED) is 0.310. The third-order valence-corrected chi connectivity index (χ3v) is 8.44. The molecular weight excluding hydrogens is 552 g/mol. The molecule has 0 spiro atoms. The first-order valence-corrected chi connectivity index (χ1v) is 14.9. The normalized spacial score (nSPS) is 20.8. The van der Waals surface area contributed by atoms with Gasteiger partial charge in [0.1, 0.15) is 18.7 Å².